The zero-order chi connectivity index (χ0) is 10.2. The Labute approximate surface area is 77.6 Å². The van der Waals surface area contributed by atoms with Crippen molar-refractivity contribution in [1.29, 1.82) is 0 Å². The second-order valence-electron chi connectivity index (χ2n) is 2.97. The lowest BCUT2D eigenvalue weighted by molar-refractivity contribution is 0.436. The van der Waals surface area contributed by atoms with Crippen LogP contribution in [0.4, 0.5) is 12.9 Å². The topological polar surface area (TPSA) is 30.7 Å². The Balaban J connectivity index is 2.44. The van der Waals surface area contributed by atoms with E-state index in [0.29, 0.717) is 11.0 Å². The molecule has 0 saturated carbocycles. The molecule has 3 nitrogen and oxygen atoms in total. The first kappa shape index (κ1) is 9.05. The maximum absolute atomic E-state index is 12.1. The maximum atomic E-state index is 12.1. The summed E-state index contributed by atoms with van der Waals surface area (Å²) in [7, 11) is 0. The highest BCUT2D eigenvalue weighted by Gasteiger charge is 2.25. The zero-order valence-corrected chi connectivity index (χ0v) is 7.07. The molecule has 0 radical (unpaired) electrons. The highest BCUT2D eigenvalue weighted by Crippen LogP contribution is 2.15. The molecular formula is C7H6BF3N3-. The lowest BCUT2D eigenvalue weighted by Gasteiger charge is -2.13. The van der Waals surface area contributed by atoms with Crippen LogP contribution in [0.25, 0.3) is 11.0 Å². The van der Waals surface area contributed by atoms with Crippen LogP contribution in [-0.2, 0) is 6.44 Å². The van der Waals surface area contributed by atoms with Crippen LogP contribution in [0, 0.1) is 0 Å². The molecule has 14 heavy (non-hydrogen) atoms. The normalized spacial score (nSPS) is 12.2. The van der Waals surface area contributed by atoms with Gasteiger partial charge in [0.1, 0.15) is 5.52 Å². The third kappa shape index (κ3) is 1.71. The molecule has 0 unspecified atom stereocenters. The number of hydrogen-bond acceptors (Lipinski definition) is 2. The average molecular weight is 200 g/mol. The van der Waals surface area contributed by atoms with E-state index in [9.17, 15) is 12.9 Å². The molecule has 0 atom stereocenters. The van der Waals surface area contributed by atoms with Crippen molar-refractivity contribution in [3.8, 4) is 0 Å². The molecule has 1 aromatic heterocycles. The maximum Gasteiger partial charge on any atom is 0.499 e. The van der Waals surface area contributed by atoms with E-state index in [1.807, 2.05) is 0 Å². The van der Waals surface area contributed by atoms with Crippen LogP contribution in [0.1, 0.15) is 0 Å². The molecule has 0 fully saturated rings. The summed E-state index contributed by atoms with van der Waals surface area (Å²) >= 11 is 0. The van der Waals surface area contributed by atoms with Crippen molar-refractivity contribution in [3.05, 3.63) is 24.3 Å². The van der Waals surface area contributed by atoms with E-state index in [-0.39, 0.29) is 0 Å². The summed E-state index contributed by atoms with van der Waals surface area (Å²) in [5, 5.41) is 7.07. The van der Waals surface area contributed by atoms with Crippen LogP contribution >= 0.6 is 0 Å². The van der Waals surface area contributed by atoms with Gasteiger partial charge in [-0.15, -0.1) is 5.10 Å². The van der Waals surface area contributed by atoms with Gasteiger partial charge in [-0.25, -0.2) is 0 Å². The van der Waals surface area contributed by atoms with Gasteiger partial charge in [0.05, 0.1) is 5.52 Å². The number of hydrogen-bond donors (Lipinski definition) is 0. The molecule has 1 aromatic carbocycles. The molecule has 0 saturated heterocycles. The third-order valence-electron chi connectivity index (χ3n) is 1.80. The fourth-order valence-electron chi connectivity index (χ4n) is 1.25. The number of rotatable bonds is 2. The fourth-order valence-corrected chi connectivity index (χ4v) is 1.25. The van der Waals surface area contributed by atoms with Crippen LogP contribution < -0.4 is 0 Å². The Morgan fingerprint density at radius 3 is 2.64 bits per heavy atom. The average Bonchev–Trinajstić information content (AvgIpc) is 2.47. The molecule has 7 heteroatoms. The van der Waals surface area contributed by atoms with Crippen LogP contribution in [0.2, 0.25) is 0 Å². The summed E-state index contributed by atoms with van der Waals surface area (Å²) < 4.78 is 37.2. The minimum atomic E-state index is -4.88. The summed E-state index contributed by atoms with van der Waals surface area (Å²) in [6.45, 7) is -4.88. The SMILES string of the molecule is F[B-](F)(F)Cn1nnc2ccccc21. The zero-order valence-electron chi connectivity index (χ0n) is 7.07. The third-order valence-corrected chi connectivity index (χ3v) is 1.80. The van der Waals surface area contributed by atoms with Gasteiger partial charge < -0.3 is 12.9 Å². The van der Waals surface area contributed by atoms with Gasteiger partial charge in [-0.2, -0.15) is 0 Å². The minimum absolute atomic E-state index is 0.409. The largest absolute Gasteiger partial charge is 0.499 e. The van der Waals surface area contributed by atoms with Gasteiger partial charge >= 0.3 is 6.98 Å². The lowest BCUT2D eigenvalue weighted by Crippen LogP contribution is -2.24. The predicted octanol–water partition coefficient (Wildman–Crippen LogP) is 1.82. The quantitative estimate of drug-likeness (QED) is 0.692. The monoisotopic (exact) mass is 200 g/mol. The van der Waals surface area contributed by atoms with Crippen LogP contribution in [-0.4, -0.2) is 22.0 Å². The number of nitrogens with zero attached hydrogens (tertiary/aromatic N) is 3. The van der Waals surface area contributed by atoms with Crippen LogP contribution in [0.5, 0.6) is 0 Å². The van der Waals surface area contributed by atoms with E-state index in [1.54, 1.807) is 24.3 Å². The molecule has 74 valence electrons. The Morgan fingerprint density at radius 1 is 1.21 bits per heavy atom. The highest BCUT2D eigenvalue weighted by molar-refractivity contribution is 6.57. The Hall–Kier alpha value is -1.53. The molecule has 0 bridgehead atoms. The Morgan fingerprint density at radius 2 is 1.93 bits per heavy atom. The van der Waals surface area contributed by atoms with Gasteiger partial charge in [0.25, 0.3) is 0 Å². The van der Waals surface area contributed by atoms with E-state index >= 15 is 0 Å². The van der Waals surface area contributed by atoms with E-state index in [2.05, 4.69) is 10.3 Å². The molecule has 0 aliphatic carbocycles. The Bertz CT molecular complexity index is 451. The van der Waals surface area contributed by atoms with Gasteiger partial charge in [-0.3, -0.25) is 4.68 Å². The van der Waals surface area contributed by atoms with Crippen molar-refractivity contribution >= 4 is 18.0 Å². The van der Waals surface area contributed by atoms with E-state index in [1.165, 1.54) is 0 Å². The van der Waals surface area contributed by atoms with Crippen molar-refractivity contribution in [2.75, 3.05) is 0 Å². The summed E-state index contributed by atoms with van der Waals surface area (Å²) in [6, 6.07) is 6.56. The van der Waals surface area contributed by atoms with E-state index < -0.39 is 13.4 Å². The van der Waals surface area contributed by atoms with Crippen LogP contribution in [0.3, 0.4) is 0 Å². The van der Waals surface area contributed by atoms with Gasteiger partial charge in [-0.1, -0.05) is 17.3 Å². The highest BCUT2D eigenvalue weighted by atomic mass is 19.4. The number of fused-ring (bicyclic) bond motifs is 1. The first-order valence-corrected chi connectivity index (χ1v) is 4.05. The molecule has 0 aliphatic heterocycles. The fraction of sp³-hybridized carbons (Fsp3) is 0.143. The smallest absolute Gasteiger partial charge is 0.448 e. The number of aromatic nitrogens is 3. The molecule has 1 heterocycles. The molecule has 0 spiro atoms. The summed E-state index contributed by atoms with van der Waals surface area (Å²) in [5.74, 6) is 0. The molecule has 2 rings (SSSR count). The van der Waals surface area contributed by atoms with Gasteiger partial charge in [0.2, 0.25) is 0 Å². The summed E-state index contributed by atoms with van der Waals surface area (Å²) in [4.78, 5) is 0. The van der Waals surface area contributed by atoms with Gasteiger partial charge in [0, 0.05) is 6.44 Å². The lowest BCUT2D eigenvalue weighted by atomic mass is 9.92. The predicted molar refractivity (Wildman–Crippen MR) is 46.6 cm³/mol. The summed E-state index contributed by atoms with van der Waals surface area (Å²) in [5.41, 5.74) is 0.888. The number of benzene rings is 1. The van der Waals surface area contributed by atoms with Crippen LogP contribution in [0.15, 0.2) is 24.3 Å². The summed E-state index contributed by atoms with van der Waals surface area (Å²) in [6.07, 6.45) is -1.04. The van der Waals surface area contributed by atoms with Crippen molar-refractivity contribution in [2.45, 2.75) is 6.44 Å². The first-order valence-electron chi connectivity index (χ1n) is 4.05. The second-order valence-corrected chi connectivity index (χ2v) is 2.97. The van der Waals surface area contributed by atoms with Gasteiger partial charge in [-0.05, 0) is 12.1 Å². The van der Waals surface area contributed by atoms with Crippen molar-refractivity contribution < 1.29 is 12.9 Å². The standard InChI is InChI=1S/C7H6BF3N3/c9-8(10,11)5-14-7-4-2-1-3-6(7)12-13-14/h1-4H,5H2/q-1. The van der Waals surface area contributed by atoms with Crippen molar-refractivity contribution in [3.63, 3.8) is 0 Å². The molecule has 0 aliphatic rings. The number of halogens is 3. The molecule has 0 N–H and O–H groups in total. The first-order chi connectivity index (χ1) is 6.56. The number of para-hydroxylation sites is 1. The van der Waals surface area contributed by atoms with Crippen molar-refractivity contribution in [1.82, 2.24) is 15.0 Å². The Kier molecular flexibility index (Phi) is 1.94. The van der Waals surface area contributed by atoms with E-state index in [4.69, 9.17) is 0 Å². The molecular weight excluding hydrogens is 194 g/mol. The van der Waals surface area contributed by atoms with Gasteiger partial charge in [0.15, 0.2) is 0 Å². The van der Waals surface area contributed by atoms with Crippen molar-refractivity contribution in [2.24, 2.45) is 0 Å². The minimum Gasteiger partial charge on any atom is -0.448 e. The van der Waals surface area contributed by atoms with E-state index in [0.717, 1.165) is 4.68 Å². The molecule has 0 amide bonds. The second kappa shape index (κ2) is 3.00. The molecule has 2 aromatic rings.